The molecule has 1 atom stereocenters. The number of rotatable bonds is 6. The van der Waals surface area contributed by atoms with Crippen molar-refractivity contribution in [3.63, 3.8) is 0 Å². The van der Waals surface area contributed by atoms with Crippen molar-refractivity contribution in [1.29, 1.82) is 0 Å². The maximum absolute atomic E-state index is 13.7. The van der Waals surface area contributed by atoms with Crippen molar-refractivity contribution in [2.45, 2.75) is 39.3 Å². The van der Waals surface area contributed by atoms with Gasteiger partial charge in [-0.05, 0) is 38.6 Å². The number of hydrogen-bond acceptors (Lipinski definition) is 2. The molecule has 100 valence electrons. The van der Waals surface area contributed by atoms with Crippen LogP contribution in [0.4, 0.5) is 4.39 Å². The average Bonchev–Trinajstić information content (AvgIpc) is 2.31. The van der Waals surface area contributed by atoms with Gasteiger partial charge in [-0.3, -0.25) is 4.90 Å². The lowest BCUT2D eigenvalue weighted by Gasteiger charge is -2.24. The fraction of sp³-hybridized carbons (Fsp3) is 0.500. The van der Waals surface area contributed by atoms with E-state index in [1.807, 2.05) is 7.05 Å². The Labute approximate surface area is 114 Å². The highest BCUT2D eigenvalue weighted by molar-refractivity contribution is 7.80. The number of nitrogens with zero attached hydrogens (tertiary/aromatic N) is 1. The Morgan fingerprint density at radius 1 is 1.50 bits per heavy atom. The van der Waals surface area contributed by atoms with Gasteiger partial charge in [0.15, 0.2) is 0 Å². The molecular weight excluding hydrogens is 247 g/mol. The van der Waals surface area contributed by atoms with E-state index in [1.165, 1.54) is 6.07 Å². The molecule has 1 aromatic rings. The van der Waals surface area contributed by atoms with Crippen LogP contribution >= 0.6 is 12.2 Å². The van der Waals surface area contributed by atoms with Crippen LogP contribution in [0.25, 0.3) is 0 Å². The van der Waals surface area contributed by atoms with E-state index in [0.29, 0.717) is 23.1 Å². The maximum Gasteiger partial charge on any atom is 0.127 e. The summed E-state index contributed by atoms with van der Waals surface area (Å²) in [7, 11) is 2.01. The summed E-state index contributed by atoms with van der Waals surface area (Å²) < 4.78 is 13.7. The molecule has 0 amide bonds. The Kier molecular flexibility index (Phi) is 5.69. The lowest BCUT2D eigenvalue weighted by molar-refractivity contribution is 0.234. The Hall–Kier alpha value is -1.00. The van der Waals surface area contributed by atoms with Crippen molar-refractivity contribution in [3.8, 4) is 0 Å². The zero-order chi connectivity index (χ0) is 13.7. The van der Waals surface area contributed by atoms with E-state index in [1.54, 1.807) is 12.1 Å². The van der Waals surface area contributed by atoms with Crippen molar-refractivity contribution >= 4 is 17.2 Å². The van der Waals surface area contributed by atoms with Crippen molar-refractivity contribution in [1.82, 2.24) is 4.90 Å². The Bertz CT molecular complexity index is 420. The highest BCUT2D eigenvalue weighted by atomic mass is 32.1. The van der Waals surface area contributed by atoms with E-state index in [-0.39, 0.29) is 5.82 Å². The largest absolute Gasteiger partial charge is 0.389 e. The van der Waals surface area contributed by atoms with Crippen LogP contribution < -0.4 is 5.73 Å². The molecular formula is C14H21FN2S. The predicted molar refractivity (Wildman–Crippen MR) is 78.1 cm³/mol. The molecule has 2 N–H and O–H groups in total. The Balaban J connectivity index is 2.83. The van der Waals surface area contributed by atoms with Crippen LogP contribution in [-0.2, 0) is 6.54 Å². The van der Waals surface area contributed by atoms with Crippen molar-refractivity contribution in [2.24, 2.45) is 5.73 Å². The lowest BCUT2D eigenvalue weighted by Crippen LogP contribution is -2.28. The van der Waals surface area contributed by atoms with Crippen LogP contribution in [0.5, 0.6) is 0 Å². The highest BCUT2D eigenvalue weighted by Crippen LogP contribution is 2.15. The number of thiocarbonyl (C=S) groups is 1. The summed E-state index contributed by atoms with van der Waals surface area (Å²) >= 11 is 4.91. The van der Waals surface area contributed by atoms with Gasteiger partial charge in [0.2, 0.25) is 0 Å². The topological polar surface area (TPSA) is 29.3 Å². The number of benzene rings is 1. The van der Waals surface area contributed by atoms with Crippen LogP contribution in [0.15, 0.2) is 18.2 Å². The average molecular weight is 268 g/mol. The summed E-state index contributed by atoms with van der Waals surface area (Å²) in [6.45, 7) is 4.88. The minimum Gasteiger partial charge on any atom is -0.389 e. The first-order chi connectivity index (χ1) is 8.45. The standard InChI is InChI=1S/C14H21FN2S/c1-4-5-10(2)17(3)9-12-8-11(14(16)18)6-7-13(12)15/h6-8,10H,4-5,9H2,1-3H3,(H2,16,18). The van der Waals surface area contributed by atoms with Gasteiger partial charge < -0.3 is 5.73 Å². The molecule has 18 heavy (non-hydrogen) atoms. The second kappa shape index (κ2) is 6.81. The second-order valence-corrected chi connectivity index (χ2v) is 5.16. The molecule has 0 radical (unpaired) electrons. The normalized spacial score (nSPS) is 12.7. The predicted octanol–water partition coefficient (Wildman–Crippen LogP) is 3.08. The molecule has 0 saturated carbocycles. The van der Waals surface area contributed by atoms with Crippen molar-refractivity contribution in [2.75, 3.05) is 7.05 Å². The summed E-state index contributed by atoms with van der Waals surface area (Å²) in [5, 5.41) is 0. The molecule has 0 aliphatic rings. The molecule has 0 fully saturated rings. The Morgan fingerprint density at radius 3 is 2.72 bits per heavy atom. The molecule has 0 bridgehead atoms. The van der Waals surface area contributed by atoms with Crippen molar-refractivity contribution in [3.05, 3.63) is 35.1 Å². The summed E-state index contributed by atoms with van der Waals surface area (Å²) in [5.41, 5.74) is 6.93. The Morgan fingerprint density at radius 2 is 2.17 bits per heavy atom. The maximum atomic E-state index is 13.7. The van der Waals surface area contributed by atoms with Gasteiger partial charge in [0, 0.05) is 23.7 Å². The second-order valence-electron chi connectivity index (χ2n) is 4.72. The molecule has 1 rings (SSSR count). The van der Waals surface area contributed by atoms with Gasteiger partial charge in [0.05, 0.1) is 0 Å². The fourth-order valence-electron chi connectivity index (χ4n) is 1.91. The summed E-state index contributed by atoms with van der Waals surface area (Å²) in [4.78, 5) is 2.45. The van der Waals surface area contributed by atoms with Crippen LogP contribution in [0, 0.1) is 5.82 Å². The number of nitrogens with two attached hydrogens (primary N) is 1. The van der Waals surface area contributed by atoms with Gasteiger partial charge >= 0.3 is 0 Å². The summed E-state index contributed by atoms with van der Waals surface area (Å²) in [6.07, 6.45) is 2.23. The summed E-state index contributed by atoms with van der Waals surface area (Å²) in [6, 6.07) is 5.23. The van der Waals surface area contributed by atoms with E-state index in [9.17, 15) is 4.39 Å². The molecule has 0 spiro atoms. The van der Waals surface area contributed by atoms with Gasteiger partial charge in [-0.2, -0.15) is 0 Å². The minimum absolute atomic E-state index is 0.203. The van der Waals surface area contributed by atoms with Gasteiger partial charge in [0.25, 0.3) is 0 Å². The molecule has 0 aliphatic heterocycles. The SMILES string of the molecule is CCCC(C)N(C)Cc1cc(C(N)=S)ccc1F. The van der Waals surface area contributed by atoms with Crippen LogP contribution in [0.3, 0.4) is 0 Å². The molecule has 1 aromatic carbocycles. The first kappa shape index (κ1) is 15.1. The molecule has 1 unspecified atom stereocenters. The van der Waals surface area contributed by atoms with Crippen molar-refractivity contribution < 1.29 is 4.39 Å². The van der Waals surface area contributed by atoms with Gasteiger partial charge in [-0.25, -0.2) is 4.39 Å². The van der Waals surface area contributed by atoms with Crippen LogP contribution in [-0.4, -0.2) is 23.0 Å². The molecule has 0 aliphatic carbocycles. The van der Waals surface area contributed by atoms with E-state index < -0.39 is 0 Å². The van der Waals surface area contributed by atoms with E-state index >= 15 is 0 Å². The minimum atomic E-state index is -0.203. The van der Waals surface area contributed by atoms with Gasteiger partial charge in [-0.1, -0.05) is 25.6 Å². The zero-order valence-electron chi connectivity index (χ0n) is 11.2. The molecule has 0 saturated heterocycles. The van der Waals surface area contributed by atoms with Gasteiger partial charge in [-0.15, -0.1) is 0 Å². The first-order valence-corrected chi connectivity index (χ1v) is 6.65. The van der Waals surface area contributed by atoms with E-state index in [4.69, 9.17) is 18.0 Å². The highest BCUT2D eigenvalue weighted by Gasteiger charge is 2.12. The third kappa shape index (κ3) is 4.03. The molecule has 2 nitrogen and oxygen atoms in total. The van der Waals surface area contributed by atoms with Crippen LogP contribution in [0.2, 0.25) is 0 Å². The smallest absolute Gasteiger partial charge is 0.127 e. The lowest BCUT2D eigenvalue weighted by atomic mass is 10.1. The fourth-order valence-corrected chi connectivity index (χ4v) is 2.04. The third-order valence-electron chi connectivity index (χ3n) is 3.21. The monoisotopic (exact) mass is 268 g/mol. The molecule has 0 heterocycles. The number of hydrogen-bond donors (Lipinski definition) is 1. The van der Waals surface area contributed by atoms with Gasteiger partial charge in [0.1, 0.15) is 10.8 Å². The van der Waals surface area contributed by atoms with E-state index in [2.05, 4.69) is 18.7 Å². The van der Waals surface area contributed by atoms with Crippen LogP contribution in [0.1, 0.15) is 37.8 Å². The summed E-state index contributed by atoms with van der Waals surface area (Å²) in [5.74, 6) is -0.203. The third-order valence-corrected chi connectivity index (χ3v) is 3.44. The number of halogens is 1. The molecule has 0 aromatic heterocycles. The van der Waals surface area contributed by atoms with E-state index in [0.717, 1.165) is 18.4 Å². The molecule has 4 heteroatoms. The zero-order valence-corrected chi connectivity index (χ0v) is 12.1. The quantitative estimate of drug-likeness (QED) is 0.804. The first-order valence-electron chi connectivity index (χ1n) is 6.24.